The van der Waals surface area contributed by atoms with E-state index in [1.54, 1.807) is 12.3 Å². The van der Waals surface area contributed by atoms with Gasteiger partial charge in [0.2, 0.25) is 0 Å². The Hall–Kier alpha value is -2.13. The zero-order valence-electron chi connectivity index (χ0n) is 11.2. The first-order valence-electron chi connectivity index (χ1n) is 6.13. The van der Waals surface area contributed by atoms with E-state index in [0.717, 1.165) is 11.3 Å². The maximum atomic E-state index is 10.8. The van der Waals surface area contributed by atoms with Gasteiger partial charge in [-0.25, -0.2) is 0 Å². The minimum absolute atomic E-state index is 0.572. The second-order valence-corrected chi connectivity index (χ2v) is 4.63. The summed E-state index contributed by atoms with van der Waals surface area (Å²) < 4.78 is 0. The van der Waals surface area contributed by atoms with Crippen molar-refractivity contribution in [2.45, 2.75) is 5.60 Å². The zero-order chi connectivity index (χ0) is 13.9. The van der Waals surface area contributed by atoms with Gasteiger partial charge in [0, 0.05) is 26.0 Å². The summed E-state index contributed by atoms with van der Waals surface area (Å²) in [6.07, 6.45) is 3.18. The minimum atomic E-state index is -1.26. The Bertz CT molecular complexity index is 549. The van der Waals surface area contributed by atoms with Gasteiger partial charge in [-0.1, -0.05) is 24.8 Å². The van der Waals surface area contributed by atoms with E-state index in [1.165, 1.54) is 6.08 Å². The third-order valence-corrected chi connectivity index (χ3v) is 3.17. The lowest BCUT2D eigenvalue weighted by Gasteiger charge is -2.25. The fourth-order valence-corrected chi connectivity index (χ4v) is 1.97. The van der Waals surface area contributed by atoms with Crippen molar-refractivity contribution in [3.05, 3.63) is 72.6 Å². The van der Waals surface area contributed by atoms with Gasteiger partial charge >= 0.3 is 0 Å². The van der Waals surface area contributed by atoms with Crippen LogP contribution in [0.2, 0.25) is 0 Å². The van der Waals surface area contributed by atoms with Gasteiger partial charge in [-0.3, -0.25) is 4.98 Å². The molecule has 0 aliphatic carbocycles. The fraction of sp³-hybridized carbons (Fsp3) is 0.188. The van der Waals surface area contributed by atoms with E-state index in [9.17, 15) is 5.11 Å². The summed E-state index contributed by atoms with van der Waals surface area (Å²) in [6.45, 7) is 3.74. The van der Waals surface area contributed by atoms with Crippen LogP contribution in [0.25, 0.3) is 0 Å². The number of benzene rings is 1. The molecule has 3 nitrogen and oxygen atoms in total. The third kappa shape index (κ3) is 2.51. The molecule has 0 saturated heterocycles. The molecule has 1 heterocycles. The van der Waals surface area contributed by atoms with Crippen molar-refractivity contribution >= 4 is 5.69 Å². The second-order valence-electron chi connectivity index (χ2n) is 4.63. The van der Waals surface area contributed by atoms with E-state index in [-0.39, 0.29) is 0 Å². The van der Waals surface area contributed by atoms with Gasteiger partial charge in [0.05, 0.1) is 5.69 Å². The average Bonchev–Trinajstić information content (AvgIpc) is 2.47. The lowest BCUT2D eigenvalue weighted by atomic mass is 9.90. The van der Waals surface area contributed by atoms with Gasteiger partial charge in [0.1, 0.15) is 5.60 Å². The number of aliphatic hydroxyl groups is 1. The molecule has 0 aliphatic rings. The average molecular weight is 254 g/mol. The molecule has 2 aromatic rings. The molecule has 0 aliphatic heterocycles. The van der Waals surface area contributed by atoms with E-state index in [0.29, 0.717) is 5.69 Å². The number of pyridine rings is 1. The van der Waals surface area contributed by atoms with Crippen molar-refractivity contribution < 1.29 is 5.11 Å². The van der Waals surface area contributed by atoms with Crippen LogP contribution in [0.1, 0.15) is 11.3 Å². The van der Waals surface area contributed by atoms with Crippen LogP contribution in [-0.2, 0) is 5.60 Å². The van der Waals surface area contributed by atoms with Crippen LogP contribution in [0.3, 0.4) is 0 Å². The maximum absolute atomic E-state index is 10.8. The Labute approximate surface area is 113 Å². The summed E-state index contributed by atoms with van der Waals surface area (Å²) >= 11 is 0. The largest absolute Gasteiger partial charge is 0.378 e. The molecule has 1 aromatic carbocycles. The molecule has 1 N–H and O–H groups in total. The van der Waals surface area contributed by atoms with E-state index in [4.69, 9.17) is 0 Å². The van der Waals surface area contributed by atoms with E-state index < -0.39 is 5.60 Å². The van der Waals surface area contributed by atoms with Crippen LogP contribution in [-0.4, -0.2) is 24.2 Å². The molecule has 2 rings (SSSR count). The molecule has 0 bridgehead atoms. The standard InChI is InChI=1S/C16H18N2O/c1-4-16(19,15-7-5-6-12-17-15)13-8-10-14(11-9-13)18(2)3/h4-12,19H,1H2,2-3H3/t16-/m0/s1. The van der Waals surface area contributed by atoms with Crippen LogP contribution in [0, 0.1) is 0 Å². The van der Waals surface area contributed by atoms with Crippen molar-refractivity contribution in [3.8, 4) is 0 Å². The van der Waals surface area contributed by atoms with Gasteiger partial charge in [-0.15, -0.1) is 0 Å². The number of hydrogen-bond donors (Lipinski definition) is 1. The Balaban J connectivity index is 2.44. The summed E-state index contributed by atoms with van der Waals surface area (Å²) in [7, 11) is 3.96. The van der Waals surface area contributed by atoms with Crippen LogP contribution >= 0.6 is 0 Å². The van der Waals surface area contributed by atoms with E-state index >= 15 is 0 Å². The first-order chi connectivity index (χ1) is 9.08. The molecule has 1 aromatic heterocycles. The molecule has 0 fully saturated rings. The summed E-state index contributed by atoms with van der Waals surface area (Å²) in [5.74, 6) is 0. The highest BCUT2D eigenvalue weighted by atomic mass is 16.3. The van der Waals surface area contributed by atoms with Crippen molar-refractivity contribution in [3.63, 3.8) is 0 Å². The topological polar surface area (TPSA) is 36.4 Å². The molecule has 19 heavy (non-hydrogen) atoms. The van der Waals surface area contributed by atoms with Gasteiger partial charge in [0.25, 0.3) is 0 Å². The molecular formula is C16H18N2O. The van der Waals surface area contributed by atoms with Crippen LogP contribution in [0.15, 0.2) is 61.3 Å². The number of rotatable bonds is 4. The van der Waals surface area contributed by atoms with Crippen LogP contribution in [0.5, 0.6) is 0 Å². The molecule has 98 valence electrons. The fourth-order valence-electron chi connectivity index (χ4n) is 1.97. The Morgan fingerprint density at radius 1 is 1.16 bits per heavy atom. The predicted molar refractivity (Wildman–Crippen MR) is 78.2 cm³/mol. The number of hydrogen-bond acceptors (Lipinski definition) is 3. The Morgan fingerprint density at radius 2 is 1.84 bits per heavy atom. The number of anilines is 1. The molecule has 0 saturated carbocycles. The predicted octanol–water partition coefficient (Wildman–Crippen LogP) is 2.57. The molecule has 0 spiro atoms. The second kappa shape index (κ2) is 5.24. The molecular weight excluding hydrogens is 236 g/mol. The molecule has 0 unspecified atom stereocenters. The number of nitrogens with zero attached hydrogens (tertiary/aromatic N) is 2. The van der Waals surface area contributed by atoms with Crippen LogP contribution in [0.4, 0.5) is 5.69 Å². The first-order valence-corrected chi connectivity index (χ1v) is 6.13. The zero-order valence-corrected chi connectivity index (χ0v) is 11.2. The summed E-state index contributed by atoms with van der Waals surface area (Å²) in [5.41, 5.74) is 1.15. The molecule has 0 amide bonds. The van der Waals surface area contributed by atoms with Gasteiger partial charge in [-0.2, -0.15) is 0 Å². The maximum Gasteiger partial charge on any atom is 0.150 e. The van der Waals surface area contributed by atoms with Crippen molar-refractivity contribution in [1.82, 2.24) is 4.98 Å². The van der Waals surface area contributed by atoms with Crippen LogP contribution < -0.4 is 4.90 Å². The monoisotopic (exact) mass is 254 g/mol. The van der Waals surface area contributed by atoms with Crippen molar-refractivity contribution in [1.29, 1.82) is 0 Å². The third-order valence-electron chi connectivity index (χ3n) is 3.17. The van der Waals surface area contributed by atoms with Gasteiger partial charge in [-0.05, 0) is 35.9 Å². The van der Waals surface area contributed by atoms with Crippen molar-refractivity contribution in [2.24, 2.45) is 0 Å². The normalized spacial score (nSPS) is 13.6. The SMILES string of the molecule is C=C[C@](O)(c1ccc(N(C)C)cc1)c1ccccn1. The summed E-state index contributed by atoms with van der Waals surface area (Å²) in [5, 5.41) is 10.8. The molecule has 1 atom stereocenters. The van der Waals surface area contributed by atoms with E-state index in [1.807, 2.05) is 55.4 Å². The summed E-state index contributed by atoms with van der Waals surface area (Å²) in [6, 6.07) is 13.2. The lowest BCUT2D eigenvalue weighted by molar-refractivity contribution is 0.130. The first kappa shape index (κ1) is 13.3. The van der Waals surface area contributed by atoms with Crippen molar-refractivity contribution in [2.75, 3.05) is 19.0 Å². The smallest absolute Gasteiger partial charge is 0.150 e. The van der Waals surface area contributed by atoms with E-state index in [2.05, 4.69) is 11.6 Å². The lowest BCUT2D eigenvalue weighted by Crippen LogP contribution is -2.25. The highest BCUT2D eigenvalue weighted by molar-refractivity contribution is 5.49. The number of aromatic nitrogens is 1. The highest BCUT2D eigenvalue weighted by Gasteiger charge is 2.29. The highest BCUT2D eigenvalue weighted by Crippen LogP contribution is 2.30. The Morgan fingerprint density at radius 3 is 2.32 bits per heavy atom. The summed E-state index contributed by atoms with van der Waals surface area (Å²) in [4.78, 5) is 6.24. The Kier molecular flexibility index (Phi) is 3.67. The quantitative estimate of drug-likeness (QED) is 0.852. The molecule has 3 heteroatoms. The van der Waals surface area contributed by atoms with Gasteiger partial charge < -0.3 is 10.0 Å². The molecule has 0 radical (unpaired) electrons. The van der Waals surface area contributed by atoms with Gasteiger partial charge in [0.15, 0.2) is 0 Å². The minimum Gasteiger partial charge on any atom is -0.378 e.